The van der Waals surface area contributed by atoms with E-state index < -0.39 is 5.97 Å². The number of aryl methyl sites for hydroxylation is 1. The Bertz CT molecular complexity index is 1010. The molecule has 0 saturated heterocycles. The van der Waals surface area contributed by atoms with Crippen LogP contribution in [0.5, 0.6) is 5.75 Å². The van der Waals surface area contributed by atoms with Crippen LogP contribution in [-0.2, 0) is 16.1 Å². The summed E-state index contributed by atoms with van der Waals surface area (Å²) in [6.07, 6.45) is 8.24. The summed E-state index contributed by atoms with van der Waals surface area (Å²) in [7, 11) is 0. The Morgan fingerprint density at radius 3 is 2.58 bits per heavy atom. The number of nitriles is 1. The molecule has 1 aromatic carbocycles. The monoisotopic (exact) mass is 420 g/mol. The zero-order valence-corrected chi connectivity index (χ0v) is 18.1. The predicted octanol–water partition coefficient (Wildman–Crippen LogP) is 4.67. The van der Waals surface area contributed by atoms with Crippen molar-refractivity contribution in [1.29, 1.82) is 5.26 Å². The van der Waals surface area contributed by atoms with Crippen molar-refractivity contribution in [3.8, 4) is 11.8 Å². The van der Waals surface area contributed by atoms with Crippen molar-refractivity contribution >= 4 is 11.8 Å². The summed E-state index contributed by atoms with van der Waals surface area (Å²) in [5.74, 6) is -0.377. The van der Waals surface area contributed by atoms with Crippen molar-refractivity contribution in [2.24, 2.45) is 0 Å². The van der Waals surface area contributed by atoms with Crippen LogP contribution < -0.4 is 4.74 Å². The first-order chi connectivity index (χ1) is 15.0. The summed E-state index contributed by atoms with van der Waals surface area (Å²) < 4.78 is 12.6. The van der Waals surface area contributed by atoms with Crippen LogP contribution in [0.2, 0.25) is 0 Å². The normalized spacial score (nSPS) is 13.3. The summed E-state index contributed by atoms with van der Waals surface area (Å²) >= 11 is 0. The molecule has 0 atom stereocenters. The highest BCUT2D eigenvalue weighted by Crippen LogP contribution is 2.23. The van der Waals surface area contributed by atoms with Crippen LogP contribution in [0.4, 0.5) is 0 Å². The third-order valence-electron chi connectivity index (χ3n) is 5.62. The number of esters is 1. The Labute approximate surface area is 183 Å². The van der Waals surface area contributed by atoms with Gasteiger partial charge in [-0.05, 0) is 76.3 Å². The van der Waals surface area contributed by atoms with Gasteiger partial charge in [-0.2, -0.15) is 5.26 Å². The molecule has 0 spiro atoms. The average Bonchev–Trinajstić information content (AvgIpc) is 3.09. The number of benzene rings is 1. The van der Waals surface area contributed by atoms with E-state index in [0.717, 1.165) is 24.4 Å². The number of rotatable bonds is 9. The number of Topliss-reactive ketones (excluding diaryl/α,β-unsaturated/α-hetero) is 1. The number of ether oxygens (including phenoxy) is 2. The maximum absolute atomic E-state index is 12.6. The number of carbonyl (C=O) groups excluding carboxylic acids is 2. The molecule has 1 heterocycles. The lowest BCUT2D eigenvalue weighted by Gasteiger charge is -2.15. The maximum atomic E-state index is 12.6. The highest BCUT2D eigenvalue weighted by molar-refractivity contribution is 5.99. The van der Waals surface area contributed by atoms with Crippen LogP contribution in [-0.4, -0.2) is 29.5 Å². The predicted molar refractivity (Wildman–Crippen MR) is 117 cm³/mol. The molecule has 6 heteroatoms. The van der Waals surface area contributed by atoms with Gasteiger partial charge in [-0.25, -0.2) is 4.79 Å². The number of hydrogen-bond acceptors (Lipinski definition) is 5. The highest BCUT2D eigenvalue weighted by Gasteiger charge is 2.18. The van der Waals surface area contributed by atoms with E-state index in [0.29, 0.717) is 16.9 Å². The molecule has 162 valence electrons. The molecule has 1 aliphatic carbocycles. The molecule has 0 N–H and O–H groups in total. The Kier molecular flexibility index (Phi) is 7.66. The van der Waals surface area contributed by atoms with Crippen molar-refractivity contribution < 1.29 is 19.1 Å². The summed E-state index contributed by atoms with van der Waals surface area (Å²) in [6, 6.07) is 10.3. The molecule has 0 radical (unpaired) electrons. The van der Waals surface area contributed by atoms with E-state index in [1.807, 2.05) is 26.0 Å². The van der Waals surface area contributed by atoms with E-state index in [1.54, 1.807) is 24.3 Å². The Balaban J connectivity index is 1.49. The Morgan fingerprint density at radius 1 is 1.13 bits per heavy atom. The Hall–Kier alpha value is -3.33. The van der Waals surface area contributed by atoms with E-state index >= 15 is 0 Å². The minimum atomic E-state index is -0.615. The molecule has 0 unspecified atom stereocenters. The topological polar surface area (TPSA) is 81.3 Å². The molecule has 0 aliphatic heterocycles. The molecule has 1 aromatic heterocycles. The van der Waals surface area contributed by atoms with Crippen LogP contribution in [0.25, 0.3) is 0 Å². The SMILES string of the molecule is Cc1cc(C(=O)COC(=O)COc2ccc(C#N)cc2)c(C)n1CCC1=CCCCC1. The standard InChI is InChI=1S/C25H28N2O4/c1-18-14-23(19(2)27(18)13-12-20-6-4-3-5-7-20)24(28)16-31-25(29)17-30-22-10-8-21(15-26)9-11-22/h6,8-11,14H,3-5,7,12-13,16-17H2,1-2H3. The molecular weight excluding hydrogens is 392 g/mol. The first-order valence-corrected chi connectivity index (χ1v) is 10.6. The summed E-state index contributed by atoms with van der Waals surface area (Å²) in [6.45, 7) is 4.18. The molecule has 0 amide bonds. The first-order valence-electron chi connectivity index (χ1n) is 10.6. The Morgan fingerprint density at radius 2 is 1.90 bits per heavy atom. The third-order valence-corrected chi connectivity index (χ3v) is 5.62. The molecule has 31 heavy (non-hydrogen) atoms. The molecule has 0 bridgehead atoms. The number of allylic oxidation sites excluding steroid dienone is 2. The number of hydrogen-bond donors (Lipinski definition) is 0. The van der Waals surface area contributed by atoms with E-state index in [2.05, 4.69) is 10.6 Å². The largest absolute Gasteiger partial charge is 0.482 e. The van der Waals surface area contributed by atoms with Gasteiger partial charge < -0.3 is 14.0 Å². The van der Waals surface area contributed by atoms with Crippen molar-refractivity contribution in [1.82, 2.24) is 4.57 Å². The minimum Gasteiger partial charge on any atom is -0.482 e. The van der Waals surface area contributed by atoms with Gasteiger partial charge in [-0.3, -0.25) is 4.79 Å². The average molecular weight is 421 g/mol. The number of nitrogens with zero attached hydrogens (tertiary/aromatic N) is 2. The van der Waals surface area contributed by atoms with Crippen LogP contribution in [0.15, 0.2) is 42.0 Å². The molecule has 0 fully saturated rings. The van der Waals surface area contributed by atoms with E-state index in [4.69, 9.17) is 14.7 Å². The van der Waals surface area contributed by atoms with E-state index in [1.165, 1.54) is 31.3 Å². The lowest BCUT2D eigenvalue weighted by Crippen LogP contribution is -2.20. The highest BCUT2D eigenvalue weighted by atomic mass is 16.6. The van der Waals surface area contributed by atoms with Gasteiger partial charge in [0.1, 0.15) is 5.75 Å². The van der Waals surface area contributed by atoms with Gasteiger partial charge in [-0.1, -0.05) is 11.6 Å². The van der Waals surface area contributed by atoms with Crippen molar-refractivity contribution in [3.63, 3.8) is 0 Å². The van der Waals surface area contributed by atoms with Gasteiger partial charge in [0.25, 0.3) is 0 Å². The summed E-state index contributed by atoms with van der Waals surface area (Å²) in [5, 5.41) is 8.79. The van der Waals surface area contributed by atoms with Crippen LogP contribution in [0.3, 0.4) is 0 Å². The van der Waals surface area contributed by atoms with Gasteiger partial charge in [0.05, 0.1) is 11.6 Å². The zero-order valence-electron chi connectivity index (χ0n) is 18.1. The van der Waals surface area contributed by atoms with E-state index in [9.17, 15) is 9.59 Å². The fraction of sp³-hybridized carbons (Fsp3) is 0.400. The maximum Gasteiger partial charge on any atom is 0.344 e. The van der Waals surface area contributed by atoms with E-state index in [-0.39, 0.29) is 19.0 Å². The summed E-state index contributed by atoms with van der Waals surface area (Å²) in [4.78, 5) is 24.6. The number of aromatic nitrogens is 1. The van der Waals surface area contributed by atoms with Crippen LogP contribution in [0.1, 0.15) is 59.4 Å². The number of ketones is 1. The zero-order chi connectivity index (χ0) is 22.2. The van der Waals surface area contributed by atoms with Gasteiger partial charge >= 0.3 is 5.97 Å². The fourth-order valence-electron chi connectivity index (χ4n) is 3.85. The quantitative estimate of drug-likeness (QED) is 0.334. The lowest BCUT2D eigenvalue weighted by atomic mass is 9.97. The molecular formula is C25H28N2O4. The van der Waals surface area contributed by atoms with Gasteiger partial charge in [0, 0.05) is 23.5 Å². The molecule has 3 rings (SSSR count). The van der Waals surface area contributed by atoms with Crippen LogP contribution in [0, 0.1) is 25.2 Å². The fourth-order valence-corrected chi connectivity index (χ4v) is 3.85. The molecule has 0 saturated carbocycles. The van der Waals surface area contributed by atoms with Gasteiger partial charge in [0.15, 0.2) is 13.2 Å². The number of carbonyl (C=O) groups is 2. The minimum absolute atomic E-state index is 0.219. The van der Waals surface area contributed by atoms with Crippen LogP contribution >= 0.6 is 0 Å². The van der Waals surface area contributed by atoms with Gasteiger partial charge in [0.2, 0.25) is 5.78 Å². The molecule has 6 nitrogen and oxygen atoms in total. The van der Waals surface area contributed by atoms with Gasteiger partial charge in [-0.15, -0.1) is 0 Å². The third kappa shape index (κ3) is 6.08. The first kappa shape index (κ1) is 22.4. The molecule has 2 aromatic rings. The second-order valence-electron chi connectivity index (χ2n) is 7.80. The second-order valence-corrected chi connectivity index (χ2v) is 7.80. The van der Waals surface area contributed by atoms with Crippen molar-refractivity contribution in [3.05, 3.63) is 64.5 Å². The lowest BCUT2D eigenvalue weighted by molar-refractivity contribution is -0.144. The van der Waals surface area contributed by atoms with Crippen molar-refractivity contribution in [2.45, 2.75) is 52.5 Å². The smallest absolute Gasteiger partial charge is 0.344 e. The molecule has 1 aliphatic rings. The van der Waals surface area contributed by atoms with Crippen molar-refractivity contribution in [2.75, 3.05) is 13.2 Å². The second kappa shape index (κ2) is 10.6. The summed E-state index contributed by atoms with van der Waals surface area (Å²) in [5.41, 5.74) is 4.55.